The first kappa shape index (κ1) is 23.4. The molecule has 0 saturated heterocycles. The predicted molar refractivity (Wildman–Crippen MR) is 102 cm³/mol. The molecule has 5 N–H and O–H groups in total. The highest BCUT2D eigenvalue weighted by atomic mass is 16.5. The number of nitrogens with one attached hydrogen (secondary N) is 2. The lowest BCUT2D eigenvalue weighted by Gasteiger charge is -2.39. The van der Waals surface area contributed by atoms with Crippen molar-refractivity contribution in [1.29, 1.82) is 0 Å². The van der Waals surface area contributed by atoms with E-state index in [1.165, 1.54) is 0 Å². The fourth-order valence-corrected chi connectivity index (χ4v) is 3.54. The summed E-state index contributed by atoms with van der Waals surface area (Å²) in [7, 11) is 0. The lowest BCUT2D eigenvalue weighted by atomic mass is 9.80. The predicted octanol–water partition coefficient (Wildman–Crippen LogP) is 0.608. The standard InChI is InChI=1S/C19H35N3O5/c1-5-13(27-6-2)17(25)22-19(10-8-7-9-11-19)18(26)21-14(12(3)4)15(23)16(20)24/h12-15,23H,5-11H2,1-4H3,(H2,20,24)(H,21,26)(H,22,25)/t13-,14+,15+/m1/s1. The van der Waals surface area contributed by atoms with Crippen molar-refractivity contribution < 1.29 is 24.2 Å². The van der Waals surface area contributed by atoms with Crippen molar-refractivity contribution in [3.05, 3.63) is 0 Å². The van der Waals surface area contributed by atoms with Gasteiger partial charge in [0.2, 0.25) is 17.7 Å². The molecule has 8 heteroatoms. The van der Waals surface area contributed by atoms with E-state index in [4.69, 9.17) is 10.5 Å². The van der Waals surface area contributed by atoms with Gasteiger partial charge in [-0.05, 0) is 32.1 Å². The second-order valence-corrected chi connectivity index (χ2v) is 7.57. The van der Waals surface area contributed by atoms with E-state index in [0.29, 0.717) is 25.9 Å². The van der Waals surface area contributed by atoms with Crippen LogP contribution in [0.2, 0.25) is 0 Å². The molecular formula is C19H35N3O5. The number of carbonyl (C=O) groups excluding carboxylic acids is 3. The van der Waals surface area contributed by atoms with E-state index in [1.54, 1.807) is 13.8 Å². The summed E-state index contributed by atoms with van der Waals surface area (Å²) in [4.78, 5) is 37.2. The van der Waals surface area contributed by atoms with Crippen LogP contribution in [0.25, 0.3) is 0 Å². The van der Waals surface area contributed by atoms with Crippen LogP contribution in [0.5, 0.6) is 0 Å². The van der Waals surface area contributed by atoms with Gasteiger partial charge in [0.05, 0.1) is 6.04 Å². The minimum absolute atomic E-state index is 0.209. The Labute approximate surface area is 161 Å². The summed E-state index contributed by atoms with van der Waals surface area (Å²) < 4.78 is 5.46. The number of hydrogen-bond donors (Lipinski definition) is 4. The van der Waals surface area contributed by atoms with Gasteiger partial charge in [-0.15, -0.1) is 0 Å². The Kier molecular flexibility index (Phi) is 9.18. The highest BCUT2D eigenvalue weighted by Gasteiger charge is 2.43. The molecule has 1 aliphatic carbocycles. The summed E-state index contributed by atoms with van der Waals surface area (Å²) in [6.45, 7) is 7.64. The molecule has 1 rings (SSSR count). The largest absolute Gasteiger partial charge is 0.381 e. The van der Waals surface area contributed by atoms with Crippen molar-refractivity contribution in [3.8, 4) is 0 Å². The van der Waals surface area contributed by atoms with Crippen LogP contribution in [0.1, 0.15) is 66.2 Å². The molecule has 0 aromatic heterocycles. The molecule has 0 aliphatic heterocycles. The van der Waals surface area contributed by atoms with Crippen LogP contribution in [0.3, 0.4) is 0 Å². The number of primary amides is 1. The fraction of sp³-hybridized carbons (Fsp3) is 0.842. The van der Waals surface area contributed by atoms with Gasteiger partial charge in [0.15, 0.2) is 6.10 Å². The second kappa shape index (κ2) is 10.6. The molecule has 1 saturated carbocycles. The Morgan fingerprint density at radius 1 is 1.15 bits per heavy atom. The highest BCUT2D eigenvalue weighted by Crippen LogP contribution is 2.29. The van der Waals surface area contributed by atoms with Crippen molar-refractivity contribution in [2.75, 3.05) is 6.61 Å². The molecule has 0 unspecified atom stereocenters. The zero-order valence-corrected chi connectivity index (χ0v) is 16.9. The molecule has 27 heavy (non-hydrogen) atoms. The first-order valence-electron chi connectivity index (χ1n) is 9.90. The van der Waals surface area contributed by atoms with Gasteiger partial charge in [0.25, 0.3) is 0 Å². The Balaban J connectivity index is 3.01. The maximum atomic E-state index is 13.1. The molecule has 0 radical (unpaired) electrons. The Morgan fingerprint density at radius 2 is 1.74 bits per heavy atom. The van der Waals surface area contributed by atoms with Gasteiger partial charge < -0.3 is 26.2 Å². The number of ether oxygens (including phenoxy) is 1. The molecule has 1 fully saturated rings. The van der Waals surface area contributed by atoms with Crippen LogP contribution < -0.4 is 16.4 Å². The third kappa shape index (κ3) is 6.17. The van der Waals surface area contributed by atoms with Crippen LogP contribution >= 0.6 is 0 Å². The normalized spacial score (nSPS) is 19.8. The molecule has 1 aliphatic rings. The van der Waals surface area contributed by atoms with Gasteiger partial charge in [0, 0.05) is 6.61 Å². The summed E-state index contributed by atoms with van der Waals surface area (Å²) >= 11 is 0. The summed E-state index contributed by atoms with van der Waals surface area (Å²) in [5, 5.41) is 15.7. The summed E-state index contributed by atoms with van der Waals surface area (Å²) in [5.74, 6) is -1.80. The van der Waals surface area contributed by atoms with Crippen molar-refractivity contribution in [2.24, 2.45) is 11.7 Å². The fourth-order valence-electron chi connectivity index (χ4n) is 3.54. The summed E-state index contributed by atoms with van der Waals surface area (Å²) in [6.07, 6.45) is 2.02. The average Bonchev–Trinajstić information content (AvgIpc) is 2.63. The van der Waals surface area contributed by atoms with Gasteiger partial charge in [-0.2, -0.15) is 0 Å². The van der Waals surface area contributed by atoms with Gasteiger partial charge in [-0.25, -0.2) is 0 Å². The van der Waals surface area contributed by atoms with Crippen LogP contribution in [0.4, 0.5) is 0 Å². The van der Waals surface area contributed by atoms with Crippen molar-refractivity contribution in [1.82, 2.24) is 10.6 Å². The SMILES string of the molecule is CCO[C@H](CC)C(=O)NC1(C(=O)N[C@@H](C(C)C)[C@H](O)C(N)=O)CCCCC1. The summed E-state index contributed by atoms with van der Waals surface area (Å²) in [6, 6.07) is -0.820. The van der Waals surface area contributed by atoms with E-state index in [1.807, 2.05) is 13.8 Å². The molecule has 0 bridgehead atoms. The molecular weight excluding hydrogens is 350 g/mol. The van der Waals surface area contributed by atoms with Crippen LogP contribution in [0, 0.1) is 5.92 Å². The van der Waals surface area contributed by atoms with Gasteiger partial charge in [-0.1, -0.05) is 40.0 Å². The first-order chi connectivity index (χ1) is 12.7. The third-order valence-electron chi connectivity index (χ3n) is 5.18. The zero-order chi connectivity index (χ0) is 20.6. The molecule has 8 nitrogen and oxygen atoms in total. The molecule has 156 valence electrons. The second-order valence-electron chi connectivity index (χ2n) is 7.57. The first-order valence-corrected chi connectivity index (χ1v) is 9.90. The molecule has 3 amide bonds. The topological polar surface area (TPSA) is 131 Å². The van der Waals surface area contributed by atoms with Gasteiger partial charge >= 0.3 is 0 Å². The van der Waals surface area contributed by atoms with Gasteiger partial charge in [-0.3, -0.25) is 14.4 Å². The molecule has 0 aromatic rings. The van der Waals surface area contributed by atoms with Crippen LogP contribution in [-0.4, -0.2) is 53.2 Å². The molecule has 0 heterocycles. The van der Waals surface area contributed by atoms with Crippen LogP contribution in [0.15, 0.2) is 0 Å². The quantitative estimate of drug-likeness (QED) is 0.438. The van der Waals surface area contributed by atoms with E-state index in [2.05, 4.69) is 10.6 Å². The van der Waals surface area contributed by atoms with Crippen molar-refractivity contribution >= 4 is 17.7 Å². The van der Waals surface area contributed by atoms with E-state index >= 15 is 0 Å². The van der Waals surface area contributed by atoms with Crippen LogP contribution in [-0.2, 0) is 19.1 Å². The van der Waals surface area contributed by atoms with E-state index < -0.39 is 29.7 Å². The average molecular weight is 386 g/mol. The number of carbonyl (C=O) groups is 3. The number of hydrogen-bond acceptors (Lipinski definition) is 5. The number of rotatable bonds is 10. The minimum Gasteiger partial charge on any atom is -0.381 e. The molecule has 0 aromatic carbocycles. The number of aliphatic hydroxyl groups is 1. The minimum atomic E-state index is -1.49. The highest BCUT2D eigenvalue weighted by molar-refractivity contribution is 5.93. The molecule has 0 spiro atoms. The third-order valence-corrected chi connectivity index (χ3v) is 5.18. The van der Waals surface area contributed by atoms with Gasteiger partial charge in [0.1, 0.15) is 11.6 Å². The van der Waals surface area contributed by atoms with E-state index in [-0.39, 0.29) is 17.7 Å². The van der Waals surface area contributed by atoms with E-state index in [9.17, 15) is 19.5 Å². The van der Waals surface area contributed by atoms with Crippen molar-refractivity contribution in [3.63, 3.8) is 0 Å². The lowest BCUT2D eigenvalue weighted by molar-refractivity contribution is -0.142. The molecule has 3 atom stereocenters. The Bertz CT molecular complexity index is 517. The number of amides is 3. The zero-order valence-electron chi connectivity index (χ0n) is 16.9. The monoisotopic (exact) mass is 385 g/mol. The maximum Gasteiger partial charge on any atom is 0.249 e. The maximum absolute atomic E-state index is 13.1. The van der Waals surface area contributed by atoms with Crippen molar-refractivity contribution in [2.45, 2.75) is 90.0 Å². The Hall–Kier alpha value is -1.67. The lowest BCUT2D eigenvalue weighted by Crippen LogP contribution is -2.65. The smallest absolute Gasteiger partial charge is 0.249 e. The number of aliphatic hydroxyl groups excluding tert-OH is 1. The summed E-state index contributed by atoms with van der Waals surface area (Å²) in [5.41, 5.74) is 4.14. The number of nitrogens with two attached hydrogens (primary N) is 1. The Morgan fingerprint density at radius 3 is 2.19 bits per heavy atom. The van der Waals surface area contributed by atoms with E-state index in [0.717, 1.165) is 19.3 Å².